The van der Waals surface area contributed by atoms with E-state index in [4.69, 9.17) is 25.8 Å². The van der Waals surface area contributed by atoms with Gasteiger partial charge in [-0.3, -0.25) is 0 Å². The zero-order chi connectivity index (χ0) is 21.7. The molecule has 0 N–H and O–H groups in total. The zero-order valence-electron chi connectivity index (χ0n) is 16.5. The number of benzene rings is 2. The van der Waals surface area contributed by atoms with Gasteiger partial charge >= 0.3 is 5.97 Å². The van der Waals surface area contributed by atoms with E-state index in [-0.39, 0.29) is 11.6 Å². The summed E-state index contributed by atoms with van der Waals surface area (Å²) in [6.45, 7) is 5.00. The van der Waals surface area contributed by atoms with Crippen LogP contribution in [0, 0.1) is 3.57 Å². The Hall–Kier alpha value is -1.58. The monoisotopic (exact) mass is 603 g/mol. The number of cyclic esters (lactones) is 1. The highest BCUT2D eigenvalue weighted by molar-refractivity contribution is 14.1. The summed E-state index contributed by atoms with van der Waals surface area (Å²) in [5.74, 6) is 0.789. The summed E-state index contributed by atoms with van der Waals surface area (Å²) in [5.41, 5.74) is 1.58. The number of nitrogens with zero attached hydrogens (tertiary/aromatic N) is 1. The van der Waals surface area contributed by atoms with Crippen molar-refractivity contribution in [3.05, 3.63) is 60.2 Å². The second-order valence-electron chi connectivity index (χ2n) is 6.43. The molecule has 5 nitrogen and oxygen atoms in total. The number of aliphatic imine (C=N–C) groups is 1. The molecule has 0 fully saturated rings. The molecule has 2 aromatic rings. The van der Waals surface area contributed by atoms with Gasteiger partial charge in [-0.05, 0) is 93.8 Å². The van der Waals surface area contributed by atoms with Crippen LogP contribution in [-0.2, 0) is 9.53 Å². The van der Waals surface area contributed by atoms with Gasteiger partial charge in [0.2, 0.25) is 5.90 Å². The maximum Gasteiger partial charge on any atom is 0.363 e. The predicted octanol–water partition coefficient (Wildman–Crippen LogP) is 6.63. The van der Waals surface area contributed by atoms with Gasteiger partial charge < -0.3 is 14.2 Å². The number of unbranched alkanes of at least 4 members (excludes halogenated alkanes) is 1. The molecule has 3 rings (SSSR count). The second-order valence-corrected chi connectivity index (χ2v) is 8.85. The highest BCUT2D eigenvalue weighted by Crippen LogP contribution is 2.38. The van der Waals surface area contributed by atoms with E-state index < -0.39 is 5.97 Å². The van der Waals surface area contributed by atoms with Crippen LogP contribution >= 0.6 is 50.1 Å². The quantitative estimate of drug-likeness (QED) is 0.147. The summed E-state index contributed by atoms with van der Waals surface area (Å²) in [6.07, 6.45) is 3.57. The Balaban J connectivity index is 1.92. The molecule has 1 aliphatic heterocycles. The summed E-state index contributed by atoms with van der Waals surface area (Å²) >= 11 is 12.1. The van der Waals surface area contributed by atoms with Crippen molar-refractivity contribution in [1.29, 1.82) is 0 Å². The van der Waals surface area contributed by atoms with Gasteiger partial charge in [0, 0.05) is 13.6 Å². The Morgan fingerprint density at radius 1 is 1.23 bits per heavy atom. The third-order valence-electron chi connectivity index (χ3n) is 4.17. The van der Waals surface area contributed by atoms with Gasteiger partial charge in [-0.15, -0.1) is 0 Å². The van der Waals surface area contributed by atoms with Crippen LogP contribution in [0.5, 0.6) is 11.5 Å². The number of rotatable bonds is 8. The van der Waals surface area contributed by atoms with Crippen molar-refractivity contribution in [2.45, 2.75) is 26.7 Å². The van der Waals surface area contributed by atoms with Crippen molar-refractivity contribution < 1.29 is 19.0 Å². The Morgan fingerprint density at radius 2 is 2.03 bits per heavy atom. The SMILES string of the molecule is CCCCOc1c(Cl)cc(/C=C2\N=C(c3ccc(I)c(Br)c3)OC2=O)cc1OCC. The van der Waals surface area contributed by atoms with Crippen LogP contribution in [0.15, 0.2) is 45.5 Å². The van der Waals surface area contributed by atoms with Crippen molar-refractivity contribution >= 4 is 68.1 Å². The number of esters is 1. The van der Waals surface area contributed by atoms with Gasteiger partial charge in [0.1, 0.15) is 0 Å². The van der Waals surface area contributed by atoms with Crippen LogP contribution in [-0.4, -0.2) is 25.1 Å². The van der Waals surface area contributed by atoms with Crippen LogP contribution in [0.4, 0.5) is 0 Å². The van der Waals surface area contributed by atoms with Gasteiger partial charge in [0.05, 0.1) is 18.2 Å². The van der Waals surface area contributed by atoms with Crippen molar-refractivity contribution in [2.75, 3.05) is 13.2 Å². The van der Waals surface area contributed by atoms with Gasteiger partial charge in [0.25, 0.3) is 0 Å². The lowest BCUT2D eigenvalue weighted by molar-refractivity contribution is -0.129. The van der Waals surface area contributed by atoms with E-state index in [1.807, 2.05) is 25.1 Å². The molecule has 0 aromatic heterocycles. The fourth-order valence-electron chi connectivity index (χ4n) is 2.71. The minimum Gasteiger partial charge on any atom is -0.490 e. The van der Waals surface area contributed by atoms with E-state index >= 15 is 0 Å². The first kappa shape index (κ1) is 23.1. The first-order chi connectivity index (χ1) is 14.4. The maximum absolute atomic E-state index is 12.3. The van der Waals surface area contributed by atoms with Crippen LogP contribution in [0.25, 0.3) is 6.08 Å². The van der Waals surface area contributed by atoms with E-state index in [1.165, 1.54) is 0 Å². The maximum atomic E-state index is 12.3. The number of carbonyl (C=O) groups excluding carboxylic acids is 1. The molecule has 2 aromatic carbocycles. The van der Waals surface area contributed by atoms with Gasteiger partial charge in [-0.2, -0.15) is 0 Å². The van der Waals surface area contributed by atoms with E-state index in [0.29, 0.717) is 40.9 Å². The summed E-state index contributed by atoms with van der Waals surface area (Å²) in [4.78, 5) is 16.7. The molecule has 0 radical (unpaired) electrons. The molecule has 0 bridgehead atoms. The number of halogens is 3. The molecule has 0 saturated carbocycles. The molecule has 0 aliphatic carbocycles. The first-order valence-electron chi connectivity index (χ1n) is 9.50. The second kappa shape index (κ2) is 10.6. The third kappa shape index (κ3) is 5.56. The number of carbonyl (C=O) groups is 1. The van der Waals surface area contributed by atoms with Crippen molar-refractivity contribution in [3.63, 3.8) is 0 Å². The van der Waals surface area contributed by atoms with E-state index in [1.54, 1.807) is 18.2 Å². The molecule has 1 aliphatic rings. The molecular weight excluding hydrogens is 585 g/mol. The molecule has 8 heteroatoms. The third-order valence-corrected chi connectivity index (χ3v) is 6.79. The first-order valence-corrected chi connectivity index (χ1v) is 11.7. The molecule has 0 spiro atoms. The van der Waals surface area contributed by atoms with Gasteiger partial charge in [-0.1, -0.05) is 24.9 Å². The summed E-state index contributed by atoms with van der Waals surface area (Å²) < 4.78 is 18.8. The largest absolute Gasteiger partial charge is 0.490 e. The molecular formula is C22H20BrClINO4. The summed E-state index contributed by atoms with van der Waals surface area (Å²) in [6, 6.07) is 9.15. The molecule has 1 heterocycles. The van der Waals surface area contributed by atoms with Crippen molar-refractivity contribution in [2.24, 2.45) is 4.99 Å². The lowest BCUT2D eigenvalue weighted by atomic mass is 10.1. The lowest BCUT2D eigenvalue weighted by Crippen LogP contribution is -2.05. The van der Waals surface area contributed by atoms with E-state index in [2.05, 4.69) is 50.4 Å². The van der Waals surface area contributed by atoms with Crippen LogP contribution in [0.1, 0.15) is 37.8 Å². The Kier molecular flexibility index (Phi) is 8.19. The van der Waals surface area contributed by atoms with Gasteiger partial charge in [0.15, 0.2) is 17.2 Å². The van der Waals surface area contributed by atoms with Crippen LogP contribution < -0.4 is 9.47 Å². The summed E-state index contributed by atoms with van der Waals surface area (Å²) in [5, 5.41) is 0.418. The van der Waals surface area contributed by atoms with E-state index in [0.717, 1.165) is 20.9 Å². The Bertz CT molecular complexity index is 1020. The number of hydrogen-bond donors (Lipinski definition) is 0. The highest BCUT2D eigenvalue weighted by Gasteiger charge is 2.25. The molecule has 0 saturated heterocycles. The fraction of sp³-hybridized carbons (Fsp3) is 0.273. The predicted molar refractivity (Wildman–Crippen MR) is 130 cm³/mol. The minimum absolute atomic E-state index is 0.192. The number of ether oxygens (including phenoxy) is 3. The van der Waals surface area contributed by atoms with Crippen LogP contribution in [0.2, 0.25) is 5.02 Å². The minimum atomic E-state index is -0.517. The highest BCUT2D eigenvalue weighted by atomic mass is 127. The van der Waals surface area contributed by atoms with Crippen LogP contribution in [0.3, 0.4) is 0 Å². The normalized spacial score (nSPS) is 14.6. The number of hydrogen-bond acceptors (Lipinski definition) is 5. The summed E-state index contributed by atoms with van der Waals surface area (Å²) in [7, 11) is 0. The Morgan fingerprint density at radius 3 is 2.73 bits per heavy atom. The van der Waals surface area contributed by atoms with E-state index in [9.17, 15) is 4.79 Å². The zero-order valence-corrected chi connectivity index (χ0v) is 21.0. The average Bonchev–Trinajstić information content (AvgIpc) is 3.06. The Labute approximate surface area is 202 Å². The van der Waals surface area contributed by atoms with Crippen molar-refractivity contribution in [3.8, 4) is 11.5 Å². The molecule has 30 heavy (non-hydrogen) atoms. The van der Waals surface area contributed by atoms with Crippen molar-refractivity contribution in [1.82, 2.24) is 0 Å². The fourth-order valence-corrected chi connectivity index (χ4v) is 3.70. The molecule has 0 atom stereocenters. The smallest absolute Gasteiger partial charge is 0.363 e. The lowest BCUT2D eigenvalue weighted by Gasteiger charge is -2.14. The molecule has 0 amide bonds. The molecule has 158 valence electrons. The average molecular weight is 605 g/mol. The standard InChI is InChI=1S/C22H20BrClINO4/c1-3-5-8-29-20-16(24)9-13(11-19(20)28-4-2)10-18-22(27)30-21(26-18)14-6-7-17(25)15(23)12-14/h6-7,9-12H,3-5,8H2,1-2H3/b18-10-. The van der Waals surface area contributed by atoms with Gasteiger partial charge in [-0.25, -0.2) is 9.79 Å². The molecule has 0 unspecified atom stereocenters. The topological polar surface area (TPSA) is 57.1 Å².